The monoisotopic (exact) mass is 332 g/mol. The van der Waals surface area contributed by atoms with E-state index >= 15 is 0 Å². The molecule has 6 heteroatoms. The highest BCUT2D eigenvalue weighted by molar-refractivity contribution is 7.18. The zero-order valence-corrected chi connectivity index (χ0v) is 13.9. The van der Waals surface area contributed by atoms with Crippen molar-refractivity contribution in [3.05, 3.63) is 29.3 Å². The van der Waals surface area contributed by atoms with Gasteiger partial charge in [-0.3, -0.25) is 9.59 Å². The molecule has 1 heterocycles. The number of fused-ring (bicyclic) bond motifs is 1. The van der Waals surface area contributed by atoms with Gasteiger partial charge in [0.15, 0.2) is 6.10 Å². The lowest BCUT2D eigenvalue weighted by atomic mass is 9.83. The first kappa shape index (κ1) is 15.9. The van der Waals surface area contributed by atoms with Gasteiger partial charge in [0.1, 0.15) is 0 Å². The number of hydrogen-bond donors (Lipinski definition) is 1. The van der Waals surface area contributed by atoms with Crippen LogP contribution >= 0.6 is 11.3 Å². The molecule has 1 aromatic carbocycles. The van der Waals surface area contributed by atoms with Gasteiger partial charge in [0.2, 0.25) is 0 Å². The molecule has 1 aliphatic carbocycles. The Bertz CT molecular complexity index is 701. The van der Waals surface area contributed by atoms with E-state index in [2.05, 4.69) is 4.98 Å². The van der Waals surface area contributed by atoms with Crippen molar-refractivity contribution in [3.63, 3.8) is 0 Å². The van der Waals surface area contributed by atoms with Crippen molar-refractivity contribution in [1.29, 1.82) is 0 Å². The minimum absolute atomic E-state index is 0.319. The van der Waals surface area contributed by atoms with Crippen molar-refractivity contribution in [3.8, 4) is 0 Å². The number of para-hydroxylation sites is 1. The van der Waals surface area contributed by atoms with Gasteiger partial charge in [-0.25, -0.2) is 4.98 Å². The van der Waals surface area contributed by atoms with Crippen LogP contribution in [0.15, 0.2) is 24.3 Å². The van der Waals surface area contributed by atoms with Crippen LogP contribution in [0.3, 0.4) is 0 Å². The smallest absolute Gasteiger partial charge is 0.313 e. The number of primary amides is 1. The molecule has 2 aromatic rings. The fraction of sp³-hybridized carbons (Fsp3) is 0.471. The number of nitrogens with zero attached hydrogens (tertiary/aromatic N) is 1. The minimum atomic E-state index is -0.893. The number of carbonyl (C=O) groups is 2. The van der Waals surface area contributed by atoms with Crippen LogP contribution in [0.5, 0.6) is 0 Å². The van der Waals surface area contributed by atoms with Crippen molar-refractivity contribution in [2.24, 2.45) is 11.1 Å². The Labute approximate surface area is 138 Å². The molecule has 3 rings (SSSR count). The van der Waals surface area contributed by atoms with Crippen LogP contribution in [0.2, 0.25) is 0 Å². The first-order valence-corrected chi connectivity index (χ1v) is 8.67. The summed E-state index contributed by atoms with van der Waals surface area (Å²) in [6, 6.07) is 7.95. The highest BCUT2D eigenvalue weighted by Crippen LogP contribution is 2.43. The molecular weight excluding hydrogens is 312 g/mol. The maximum Gasteiger partial charge on any atom is 0.313 e. The van der Waals surface area contributed by atoms with Gasteiger partial charge in [-0.05, 0) is 31.9 Å². The van der Waals surface area contributed by atoms with Gasteiger partial charge in [-0.2, -0.15) is 0 Å². The third-order valence-electron chi connectivity index (χ3n) is 4.51. The van der Waals surface area contributed by atoms with E-state index < -0.39 is 17.4 Å². The third kappa shape index (κ3) is 3.22. The highest BCUT2D eigenvalue weighted by atomic mass is 32.1. The molecule has 1 aliphatic rings. The van der Waals surface area contributed by atoms with E-state index in [0.29, 0.717) is 6.42 Å². The molecule has 23 heavy (non-hydrogen) atoms. The standard InChI is InChI=1S/C17H20N2O3S/c1-11(15(18)20)22-16(21)17(8-4-5-9-17)10-14-19-12-6-2-3-7-13(12)23-14/h2-3,6-7,11H,4-5,8-10H2,1H3,(H2,18,20)/t11-/m1/s1. The van der Waals surface area contributed by atoms with Crippen molar-refractivity contribution in [2.45, 2.75) is 45.1 Å². The number of esters is 1. The summed E-state index contributed by atoms with van der Waals surface area (Å²) in [5.74, 6) is -0.938. The Morgan fingerprint density at radius 1 is 1.35 bits per heavy atom. The predicted molar refractivity (Wildman–Crippen MR) is 89.0 cm³/mol. The summed E-state index contributed by atoms with van der Waals surface area (Å²) in [4.78, 5) is 28.5. The maximum absolute atomic E-state index is 12.6. The lowest BCUT2D eigenvalue weighted by molar-refractivity contribution is -0.164. The van der Waals surface area contributed by atoms with Crippen LogP contribution in [0, 0.1) is 5.41 Å². The summed E-state index contributed by atoms with van der Waals surface area (Å²) in [5.41, 5.74) is 5.59. The number of rotatable bonds is 5. The molecule has 1 aromatic heterocycles. The quantitative estimate of drug-likeness (QED) is 0.854. The van der Waals surface area contributed by atoms with Crippen molar-refractivity contribution in [1.82, 2.24) is 4.98 Å². The van der Waals surface area contributed by atoms with Crippen molar-refractivity contribution in [2.75, 3.05) is 0 Å². The average molecular weight is 332 g/mol. The molecule has 0 aliphatic heterocycles. The molecule has 1 saturated carbocycles. The number of carbonyl (C=O) groups excluding carboxylic acids is 2. The average Bonchev–Trinajstić information content (AvgIpc) is 3.14. The maximum atomic E-state index is 12.6. The summed E-state index contributed by atoms with van der Waals surface area (Å²) in [6.07, 6.45) is 3.20. The van der Waals surface area contributed by atoms with E-state index in [4.69, 9.17) is 10.5 Å². The van der Waals surface area contributed by atoms with Crippen LogP contribution in [0.25, 0.3) is 10.2 Å². The Kier molecular flexibility index (Phi) is 4.35. The summed E-state index contributed by atoms with van der Waals surface area (Å²) in [6.45, 7) is 1.51. The number of benzene rings is 1. The van der Waals surface area contributed by atoms with Crippen LogP contribution in [0.4, 0.5) is 0 Å². The predicted octanol–water partition coefficient (Wildman–Crippen LogP) is 2.82. The zero-order valence-electron chi connectivity index (χ0n) is 13.1. The van der Waals surface area contributed by atoms with E-state index in [1.165, 1.54) is 6.92 Å². The Morgan fingerprint density at radius 2 is 2.04 bits per heavy atom. The fourth-order valence-corrected chi connectivity index (χ4v) is 4.24. The van der Waals surface area contributed by atoms with Crippen molar-refractivity contribution >= 4 is 33.4 Å². The van der Waals surface area contributed by atoms with Crippen LogP contribution in [0.1, 0.15) is 37.6 Å². The van der Waals surface area contributed by atoms with Crippen molar-refractivity contribution < 1.29 is 14.3 Å². The SMILES string of the molecule is C[C@@H](OC(=O)C1(Cc2nc3ccccc3s2)CCCC1)C(N)=O. The summed E-state index contributed by atoms with van der Waals surface area (Å²) in [5, 5.41) is 0.941. The van der Waals surface area contributed by atoms with Gasteiger partial charge in [0.25, 0.3) is 5.91 Å². The molecule has 2 N–H and O–H groups in total. The largest absolute Gasteiger partial charge is 0.452 e. The van der Waals surface area contributed by atoms with E-state index in [1.807, 2.05) is 24.3 Å². The number of nitrogens with two attached hydrogens (primary N) is 1. The first-order chi connectivity index (χ1) is 11.0. The van der Waals surface area contributed by atoms with E-state index in [9.17, 15) is 9.59 Å². The van der Waals surface area contributed by atoms with E-state index in [-0.39, 0.29) is 5.97 Å². The Morgan fingerprint density at radius 3 is 2.70 bits per heavy atom. The number of ether oxygens (including phenoxy) is 1. The molecule has 1 fully saturated rings. The molecule has 1 amide bonds. The van der Waals surface area contributed by atoms with Crippen LogP contribution in [-0.4, -0.2) is 23.0 Å². The lowest BCUT2D eigenvalue weighted by Crippen LogP contribution is -2.38. The fourth-order valence-electron chi connectivity index (χ4n) is 3.13. The van der Waals surface area contributed by atoms with Gasteiger partial charge in [0.05, 0.1) is 20.6 Å². The van der Waals surface area contributed by atoms with Gasteiger partial charge < -0.3 is 10.5 Å². The summed E-state index contributed by atoms with van der Waals surface area (Å²) in [7, 11) is 0. The van der Waals surface area contributed by atoms with E-state index in [0.717, 1.165) is 40.9 Å². The molecule has 0 bridgehead atoms. The minimum Gasteiger partial charge on any atom is -0.452 e. The van der Waals surface area contributed by atoms with Crippen LogP contribution < -0.4 is 5.73 Å². The molecule has 1 atom stereocenters. The van der Waals surface area contributed by atoms with Gasteiger partial charge >= 0.3 is 5.97 Å². The summed E-state index contributed by atoms with van der Waals surface area (Å²) >= 11 is 1.61. The zero-order chi connectivity index (χ0) is 16.4. The Hall–Kier alpha value is -1.95. The summed E-state index contributed by atoms with van der Waals surface area (Å²) < 4.78 is 6.43. The first-order valence-electron chi connectivity index (χ1n) is 7.85. The van der Waals surface area contributed by atoms with Crippen LogP contribution in [-0.2, 0) is 20.7 Å². The molecule has 0 radical (unpaired) electrons. The molecular formula is C17H20N2O3S. The number of aromatic nitrogens is 1. The normalized spacial score (nSPS) is 18.0. The van der Waals surface area contributed by atoms with Gasteiger partial charge in [0, 0.05) is 6.42 Å². The second-order valence-corrected chi connectivity index (χ2v) is 7.30. The molecule has 0 unspecified atom stereocenters. The molecule has 5 nitrogen and oxygen atoms in total. The second kappa shape index (κ2) is 6.28. The molecule has 122 valence electrons. The number of thiazole rings is 1. The molecule has 0 saturated heterocycles. The van der Waals surface area contributed by atoms with E-state index in [1.54, 1.807) is 11.3 Å². The lowest BCUT2D eigenvalue weighted by Gasteiger charge is -2.26. The number of amides is 1. The Balaban J connectivity index is 1.83. The second-order valence-electron chi connectivity index (χ2n) is 6.19. The van der Waals surface area contributed by atoms with Gasteiger partial charge in [-0.15, -0.1) is 11.3 Å². The highest BCUT2D eigenvalue weighted by Gasteiger charge is 2.44. The van der Waals surface area contributed by atoms with Gasteiger partial charge in [-0.1, -0.05) is 25.0 Å². The topological polar surface area (TPSA) is 82.3 Å². The third-order valence-corrected chi connectivity index (χ3v) is 5.54. The molecule has 0 spiro atoms. The number of hydrogen-bond acceptors (Lipinski definition) is 5.